The average Bonchev–Trinajstić information content (AvgIpc) is 4.05. The SMILES string of the molecule is C=C1C[C@H]2C=Nc3cc(OCc4cc(C#CCNC(=O)CCOCCOCCOCCOCCNC(=O)OCC(C)SSc5ccccn5)cc(COc5cc6c(cc5OC)C(=O)N5CC(=C)C[C@H]5C=N6)c4)c(OC)cc3C(=O)N2C1. The van der Waals surface area contributed by atoms with Crippen molar-refractivity contribution >= 4 is 69.2 Å². The van der Waals surface area contributed by atoms with Gasteiger partial charge in [-0.05, 0) is 84.2 Å². The molecule has 20 nitrogen and oxygen atoms in total. The van der Waals surface area contributed by atoms with Crippen molar-refractivity contribution in [2.24, 2.45) is 9.98 Å². The van der Waals surface area contributed by atoms with Crippen LogP contribution in [0.3, 0.4) is 0 Å². The van der Waals surface area contributed by atoms with E-state index in [2.05, 4.69) is 50.6 Å². The van der Waals surface area contributed by atoms with Gasteiger partial charge in [-0.2, -0.15) is 0 Å². The zero-order valence-electron chi connectivity index (χ0n) is 45.7. The lowest BCUT2D eigenvalue weighted by Crippen LogP contribution is -2.35. The van der Waals surface area contributed by atoms with Gasteiger partial charge in [-0.15, -0.1) is 0 Å². The largest absolute Gasteiger partial charge is 0.493 e. The maximum absolute atomic E-state index is 13.6. The van der Waals surface area contributed by atoms with E-state index < -0.39 is 6.09 Å². The highest BCUT2D eigenvalue weighted by Crippen LogP contribution is 2.41. The summed E-state index contributed by atoms with van der Waals surface area (Å²) in [6.45, 7) is 14.6. The summed E-state index contributed by atoms with van der Waals surface area (Å²) in [5.41, 5.74) is 5.89. The molecule has 1 aromatic heterocycles. The molecule has 5 heterocycles. The summed E-state index contributed by atoms with van der Waals surface area (Å²) < 4.78 is 51.7. The van der Waals surface area contributed by atoms with E-state index in [1.165, 1.54) is 14.2 Å². The van der Waals surface area contributed by atoms with Crippen molar-refractivity contribution in [3.63, 3.8) is 0 Å². The second kappa shape index (κ2) is 30.4. The number of aromatic nitrogens is 1. The number of ether oxygens (including phenoxy) is 9. The van der Waals surface area contributed by atoms with Gasteiger partial charge >= 0.3 is 6.09 Å². The molecule has 1 unspecified atom stereocenters. The second-order valence-electron chi connectivity index (χ2n) is 19.1. The fourth-order valence-electron chi connectivity index (χ4n) is 8.86. The van der Waals surface area contributed by atoms with Gasteiger partial charge in [0.15, 0.2) is 23.0 Å². The van der Waals surface area contributed by atoms with Crippen LogP contribution in [0.4, 0.5) is 16.2 Å². The van der Waals surface area contributed by atoms with E-state index in [0.717, 1.165) is 27.3 Å². The normalized spacial score (nSPS) is 16.3. The summed E-state index contributed by atoms with van der Waals surface area (Å²) in [6.07, 6.45) is 6.27. The summed E-state index contributed by atoms with van der Waals surface area (Å²) in [5.74, 6) is 7.25. The lowest BCUT2D eigenvalue weighted by atomic mass is 10.1. The van der Waals surface area contributed by atoms with Crippen LogP contribution < -0.4 is 29.6 Å². The van der Waals surface area contributed by atoms with Gasteiger partial charge in [-0.1, -0.05) is 53.0 Å². The van der Waals surface area contributed by atoms with E-state index in [-0.39, 0.29) is 74.4 Å². The van der Waals surface area contributed by atoms with Crippen molar-refractivity contribution in [3.8, 4) is 34.8 Å². The summed E-state index contributed by atoms with van der Waals surface area (Å²) >= 11 is 0. The zero-order valence-corrected chi connectivity index (χ0v) is 47.4. The lowest BCUT2D eigenvalue weighted by Gasteiger charge is -2.20. The Morgan fingerprint density at radius 1 is 0.716 bits per heavy atom. The minimum atomic E-state index is -0.490. The Bertz CT molecular complexity index is 2890. The van der Waals surface area contributed by atoms with Gasteiger partial charge in [0.05, 0.1) is 108 Å². The molecular weight excluding hydrogens is 1080 g/mol. The van der Waals surface area contributed by atoms with E-state index in [0.29, 0.717) is 130 Å². The number of pyridine rings is 1. The fraction of sp³-hybridized carbons (Fsp3) is 0.407. The Balaban J connectivity index is 0.762. The first-order valence-electron chi connectivity index (χ1n) is 26.5. The molecule has 0 spiro atoms. The van der Waals surface area contributed by atoms with Crippen molar-refractivity contribution < 1.29 is 61.8 Å². The van der Waals surface area contributed by atoms with Crippen LogP contribution in [0.1, 0.15) is 63.6 Å². The molecule has 22 heteroatoms. The van der Waals surface area contributed by atoms with Gasteiger partial charge in [0, 0.05) is 67.6 Å². The molecule has 81 heavy (non-hydrogen) atoms. The third-order valence-corrected chi connectivity index (χ3v) is 15.6. The van der Waals surface area contributed by atoms with E-state index in [4.69, 9.17) is 42.6 Å². The molecule has 0 aliphatic carbocycles. The van der Waals surface area contributed by atoms with Crippen LogP contribution in [0.2, 0.25) is 0 Å². The van der Waals surface area contributed by atoms with Crippen LogP contribution in [-0.4, -0.2) is 168 Å². The predicted octanol–water partition coefficient (Wildman–Crippen LogP) is 7.71. The average molecular weight is 1150 g/mol. The molecule has 2 saturated heterocycles. The van der Waals surface area contributed by atoms with Crippen LogP contribution >= 0.6 is 21.6 Å². The van der Waals surface area contributed by atoms with E-state index in [1.54, 1.807) is 74.3 Å². The van der Waals surface area contributed by atoms with Crippen molar-refractivity contribution in [2.45, 2.75) is 61.8 Å². The van der Waals surface area contributed by atoms with Crippen LogP contribution in [0.25, 0.3) is 0 Å². The Labute approximate surface area is 479 Å². The van der Waals surface area contributed by atoms with Crippen LogP contribution in [0.15, 0.2) is 106 Å². The van der Waals surface area contributed by atoms with Crippen LogP contribution in [-0.2, 0) is 41.7 Å². The Morgan fingerprint density at radius 3 is 1.81 bits per heavy atom. The number of aliphatic imine (C=N–C) groups is 2. The highest BCUT2D eigenvalue weighted by atomic mass is 33.1. The Hall–Kier alpha value is -7.39. The van der Waals surface area contributed by atoms with E-state index in [9.17, 15) is 19.2 Å². The van der Waals surface area contributed by atoms with Crippen LogP contribution in [0.5, 0.6) is 23.0 Å². The van der Waals surface area contributed by atoms with Gasteiger partial charge in [0.1, 0.15) is 24.8 Å². The van der Waals surface area contributed by atoms with Gasteiger partial charge in [0.25, 0.3) is 11.8 Å². The molecule has 4 aliphatic heterocycles. The Morgan fingerprint density at radius 2 is 1.27 bits per heavy atom. The van der Waals surface area contributed by atoms with E-state index in [1.807, 2.05) is 43.3 Å². The van der Waals surface area contributed by atoms with Crippen molar-refractivity contribution in [1.29, 1.82) is 0 Å². The molecule has 2 N–H and O–H groups in total. The number of carbonyl (C=O) groups excluding carboxylic acids is 4. The molecule has 3 aromatic carbocycles. The molecular formula is C59H67N7O13S2. The molecule has 0 saturated carbocycles. The second-order valence-corrected chi connectivity index (χ2v) is 21.7. The molecule has 4 aliphatic rings. The lowest BCUT2D eigenvalue weighted by molar-refractivity contribution is -0.122. The minimum absolute atomic E-state index is 0.0912. The van der Waals surface area contributed by atoms with Gasteiger partial charge in [0.2, 0.25) is 5.91 Å². The number of nitrogens with one attached hydrogen (secondary N) is 2. The molecule has 0 radical (unpaired) electrons. The molecule has 3 atom stereocenters. The quantitative estimate of drug-likeness (QED) is 0.0230. The summed E-state index contributed by atoms with van der Waals surface area (Å²) in [7, 11) is 6.17. The van der Waals surface area contributed by atoms with Gasteiger partial charge in [-0.25, -0.2) is 9.78 Å². The van der Waals surface area contributed by atoms with Crippen molar-refractivity contribution in [1.82, 2.24) is 25.4 Å². The van der Waals surface area contributed by atoms with Crippen molar-refractivity contribution in [2.75, 3.05) is 99.9 Å². The number of benzene rings is 3. The number of methoxy groups -OCH3 is 2. The number of carbonyl (C=O) groups is 4. The molecule has 428 valence electrons. The minimum Gasteiger partial charge on any atom is -0.493 e. The standard InChI is InChI=1S/C59H67N7O13S2/c1-39-23-45-32-63-49-30-53(51(71-4)28-47(49)57(68)65(45)34-39)77-37-43-25-42(26-44(27-43)38-78-54-31-50-48(29-52(54)72-5)58(69)66-35-40(2)24-46(66)33-64-50)9-8-13-60-55(67)11-15-73-17-19-75-21-22-76-20-18-74-16-14-62-59(70)79-36-41(3)80-81-56-10-6-7-12-61-56/h6-7,10,12,25-33,41,45-46H,1-2,11,13-24,34-38H2,3-5H3,(H,60,67)(H,62,70)/t41?,45-,46-/m0/s1. The summed E-state index contributed by atoms with van der Waals surface area (Å²) in [5, 5.41) is 6.50. The highest BCUT2D eigenvalue weighted by Gasteiger charge is 2.36. The maximum Gasteiger partial charge on any atom is 0.407 e. The number of rotatable bonds is 29. The number of amides is 4. The number of hydrogen-bond donors (Lipinski definition) is 2. The summed E-state index contributed by atoms with van der Waals surface area (Å²) in [6, 6.07) is 17.8. The Kier molecular flexibility index (Phi) is 22.4. The molecule has 4 aromatic rings. The molecule has 8 rings (SSSR count). The highest BCUT2D eigenvalue weighted by molar-refractivity contribution is 8.76. The topological polar surface area (TPSA) is 219 Å². The third kappa shape index (κ3) is 17.6. The smallest absolute Gasteiger partial charge is 0.407 e. The molecule has 0 bridgehead atoms. The number of alkyl carbamates (subject to hydrolysis) is 1. The molecule has 4 amide bonds. The van der Waals surface area contributed by atoms with Gasteiger partial charge < -0.3 is 63.1 Å². The van der Waals surface area contributed by atoms with E-state index >= 15 is 0 Å². The fourth-order valence-corrected chi connectivity index (χ4v) is 10.7. The zero-order chi connectivity index (χ0) is 56.9. The maximum atomic E-state index is 13.6. The third-order valence-electron chi connectivity index (χ3n) is 12.8. The first-order chi connectivity index (χ1) is 39.4. The van der Waals surface area contributed by atoms with Crippen LogP contribution in [0, 0.1) is 11.8 Å². The monoisotopic (exact) mass is 1150 g/mol. The number of fused-ring (bicyclic) bond motifs is 4. The number of nitrogens with zero attached hydrogens (tertiary/aromatic N) is 5. The number of hydrogen-bond acceptors (Lipinski definition) is 18. The first-order valence-corrected chi connectivity index (χ1v) is 28.7. The van der Waals surface area contributed by atoms with Gasteiger partial charge in [-0.3, -0.25) is 24.4 Å². The predicted molar refractivity (Wildman–Crippen MR) is 309 cm³/mol. The molecule has 2 fully saturated rings. The summed E-state index contributed by atoms with van der Waals surface area (Å²) in [4.78, 5) is 69.0. The first kappa shape index (κ1) is 59.7. The van der Waals surface area contributed by atoms with Crippen molar-refractivity contribution in [3.05, 3.63) is 119 Å².